The van der Waals surface area contributed by atoms with E-state index in [-0.39, 0.29) is 16.5 Å². The van der Waals surface area contributed by atoms with Gasteiger partial charge < -0.3 is 13.7 Å². The third kappa shape index (κ3) is 4.54. The van der Waals surface area contributed by atoms with Gasteiger partial charge in [-0.1, -0.05) is 11.2 Å². The Kier molecular flexibility index (Phi) is 5.65. The Balaban J connectivity index is 1.52. The third-order valence-corrected chi connectivity index (χ3v) is 6.53. The quantitative estimate of drug-likeness (QED) is 0.401. The maximum Gasteiger partial charge on any atom is 0.293 e. The summed E-state index contributed by atoms with van der Waals surface area (Å²) in [7, 11) is -3.54. The molecule has 0 spiro atoms. The molecule has 0 amide bonds. The van der Waals surface area contributed by atoms with Gasteiger partial charge in [0.1, 0.15) is 17.3 Å². The number of aryl methyl sites for hydroxylation is 2. The van der Waals surface area contributed by atoms with Crippen LogP contribution >= 0.6 is 0 Å². The van der Waals surface area contributed by atoms with Crippen molar-refractivity contribution in [1.82, 2.24) is 10.1 Å². The molecule has 0 N–H and O–H groups in total. The van der Waals surface area contributed by atoms with Crippen molar-refractivity contribution in [2.75, 3.05) is 6.61 Å². The zero-order valence-electron chi connectivity index (χ0n) is 17.5. The SMILES string of the molecule is CCOc1ccc(-c2noc(-c3ccc(CS(=O)(=O)c4ccc(C)c(C)c4)o3)n2)cc1. The average Bonchev–Trinajstić information content (AvgIpc) is 3.40. The Morgan fingerprint density at radius 2 is 1.74 bits per heavy atom. The maximum atomic E-state index is 12.8. The van der Waals surface area contributed by atoms with Gasteiger partial charge in [0.15, 0.2) is 15.6 Å². The summed E-state index contributed by atoms with van der Waals surface area (Å²) in [6, 6.07) is 15.7. The van der Waals surface area contributed by atoms with Crippen molar-refractivity contribution in [3.8, 4) is 28.8 Å². The normalized spacial score (nSPS) is 11.6. The van der Waals surface area contributed by atoms with Gasteiger partial charge >= 0.3 is 0 Å². The van der Waals surface area contributed by atoms with Crippen LogP contribution in [-0.2, 0) is 15.6 Å². The second kappa shape index (κ2) is 8.39. The molecule has 0 aliphatic rings. The highest BCUT2D eigenvalue weighted by Crippen LogP contribution is 2.27. The summed E-state index contributed by atoms with van der Waals surface area (Å²) in [5.74, 6) is 1.70. The van der Waals surface area contributed by atoms with E-state index in [2.05, 4.69) is 10.1 Å². The number of benzene rings is 2. The van der Waals surface area contributed by atoms with Gasteiger partial charge in [0.05, 0.1) is 11.5 Å². The van der Waals surface area contributed by atoms with Crippen molar-refractivity contribution in [3.05, 3.63) is 71.5 Å². The summed E-state index contributed by atoms with van der Waals surface area (Å²) < 4.78 is 41.9. The van der Waals surface area contributed by atoms with E-state index < -0.39 is 9.84 Å². The average molecular weight is 439 g/mol. The predicted octanol–water partition coefficient (Wildman–Crippen LogP) is 4.99. The van der Waals surface area contributed by atoms with Crippen molar-refractivity contribution in [1.29, 1.82) is 0 Å². The fourth-order valence-electron chi connectivity index (χ4n) is 3.06. The largest absolute Gasteiger partial charge is 0.494 e. The molecule has 0 aliphatic carbocycles. The smallest absolute Gasteiger partial charge is 0.293 e. The van der Waals surface area contributed by atoms with Crippen molar-refractivity contribution in [2.45, 2.75) is 31.4 Å². The number of rotatable bonds is 7. The van der Waals surface area contributed by atoms with E-state index in [1.807, 2.05) is 45.0 Å². The summed E-state index contributed by atoms with van der Waals surface area (Å²) in [4.78, 5) is 4.62. The Morgan fingerprint density at radius 3 is 2.45 bits per heavy atom. The zero-order valence-corrected chi connectivity index (χ0v) is 18.3. The van der Waals surface area contributed by atoms with Crippen LogP contribution in [0.5, 0.6) is 5.75 Å². The van der Waals surface area contributed by atoms with Crippen molar-refractivity contribution < 1.29 is 22.1 Å². The van der Waals surface area contributed by atoms with E-state index in [9.17, 15) is 8.42 Å². The Hall–Kier alpha value is -3.39. The van der Waals surface area contributed by atoms with Crippen LogP contribution < -0.4 is 4.74 Å². The fraction of sp³-hybridized carbons (Fsp3) is 0.217. The van der Waals surface area contributed by atoms with E-state index in [0.29, 0.717) is 24.0 Å². The third-order valence-electron chi connectivity index (χ3n) is 4.89. The van der Waals surface area contributed by atoms with Crippen molar-refractivity contribution in [2.24, 2.45) is 0 Å². The zero-order chi connectivity index (χ0) is 22.0. The molecule has 0 fully saturated rings. The first-order chi connectivity index (χ1) is 14.9. The summed E-state index contributed by atoms with van der Waals surface area (Å²) >= 11 is 0. The number of ether oxygens (including phenoxy) is 1. The fourth-order valence-corrected chi connectivity index (χ4v) is 4.38. The molecule has 2 aromatic carbocycles. The lowest BCUT2D eigenvalue weighted by Crippen LogP contribution is -2.05. The van der Waals surface area contributed by atoms with E-state index in [1.54, 1.807) is 30.3 Å². The predicted molar refractivity (Wildman–Crippen MR) is 115 cm³/mol. The monoisotopic (exact) mass is 438 g/mol. The van der Waals surface area contributed by atoms with Crippen LogP contribution in [0.2, 0.25) is 0 Å². The molecule has 0 saturated heterocycles. The van der Waals surface area contributed by atoms with E-state index >= 15 is 0 Å². The Bertz CT molecular complexity index is 1300. The topological polar surface area (TPSA) is 95.4 Å². The minimum absolute atomic E-state index is 0.179. The molecule has 160 valence electrons. The van der Waals surface area contributed by atoms with E-state index in [4.69, 9.17) is 13.7 Å². The molecular weight excluding hydrogens is 416 g/mol. The number of hydrogen-bond donors (Lipinski definition) is 0. The van der Waals surface area contributed by atoms with Gasteiger partial charge in [-0.15, -0.1) is 0 Å². The van der Waals surface area contributed by atoms with Crippen LogP contribution in [0.15, 0.2) is 68.4 Å². The van der Waals surface area contributed by atoms with Gasteiger partial charge in [-0.05, 0) is 80.4 Å². The first-order valence-corrected chi connectivity index (χ1v) is 11.5. The molecule has 0 bridgehead atoms. The minimum atomic E-state index is -3.54. The molecule has 0 aliphatic heterocycles. The molecule has 2 heterocycles. The lowest BCUT2D eigenvalue weighted by molar-refractivity contribution is 0.340. The van der Waals surface area contributed by atoms with Gasteiger partial charge in [-0.2, -0.15) is 4.98 Å². The first-order valence-electron chi connectivity index (χ1n) is 9.82. The molecule has 2 aromatic heterocycles. The number of aromatic nitrogens is 2. The van der Waals surface area contributed by atoms with Crippen molar-refractivity contribution in [3.63, 3.8) is 0 Å². The van der Waals surface area contributed by atoms with Gasteiger partial charge in [0.2, 0.25) is 5.82 Å². The summed E-state index contributed by atoms with van der Waals surface area (Å²) in [6.07, 6.45) is 0. The molecule has 4 rings (SSSR count). The first kappa shape index (κ1) is 20.9. The van der Waals surface area contributed by atoms with Crippen LogP contribution in [0.4, 0.5) is 0 Å². The van der Waals surface area contributed by atoms with Crippen LogP contribution in [0, 0.1) is 13.8 Å². The highest BCUT2D eigenvalue weighted by molar-refractivity contribution is 7.90. The van der Waals surface area contributed by atoms with Gasteiger partial charge in [0, 0.05) is 5.56 Å². The van der Waals surface area contributed by atoms with Gasteiger partial charge in [0.25, 0.3) is 5.89 Å². The number of hydrogen-bond acceptors (Lipinski definition) is 7. The second-order valence-electron chi connectivity index (χ2n) is 7.15. The van der Waals surface area contributed by atoms with E-state index in [0.717, 1.165) is 22.4 Å². The summed E-state index contributed by atoms with van der Waals surface area (Å²) in [5, 5.41) is 3.98. The van der Waals surface area contributed by atoms with Crippen LogP contribution in [-0.4, -0.2) is 25.2 Å². The van der Waals surface area contributed by atoms with Crippen LogP contribution in [0.3, 0.4) is 0 Å². The lowest BCUT2D eigenvalue weighted by atomic mass is 10.1. The second-order valence-corrected chi connectivity index (χ2v) is 9.14. The molecule has 8 heteroatoms. The number of nitrogens with zero attached hydrogens (tertiary/aromatic N) is 2. The van der Waals surface area contributed by atoms with Crippen LogP contribution in [0.1, 0.15) is 23.8 Å². The molecule has 4 aromatic rings. The number of sulfone groups is 1. The highest BCUT2D eigenvalue weighted by Gasteiger charge is 2.20. The maximum absolute atomic E-state index is 12.8. The molecule has 31 heavy (non-hydrogen) atoms. The molecule has 0 saturated carbocycles. The van der Waals surface area contributed by atoms with E-state index in [1.165, 1.54) is 0 Å². The molecule has 7 nitrogen and oxygen atoms in total. The van der Waals surface area contributed by atoms with Gasteiger partial charge in [-0.25, -0.2) is 8.42 Å². The molecule has 0 atom stereocenters. The summed E-state index contributed by atoms with van der Waals surface area (Å²) in [6.45, 7) is 6.34. The molecular formula is C23H22N2O5S. The molecule has 0 unspecified atom stereocenters. The van der Waals surface area contributed by atoms with Crippen molar-refractivity contribution >= 4 is 9.84 Å². The number of furan rings is 1. The molecule has 0 radical (unpaired) electrons. The Labute approximate surface area is 180 Å². The Morgan fingerprint density at radius 1 is 0.968 bits per heavy atom. The van der Waals surface area contributed by atoms with Crippen LogP contribution in [0.25, 0.3) is 23.0 Å². The van der Waals surface area contributed by atoms with Gasteiger partial charge in [-0.3, -0.25) is 0 Å². The summed E-state index contributed by atoms with van der Waals surface area (Å²) in [5.41, 5.74) is 2.73. The minimum Gasteiger partial charge on any atom is -0.494 e. The highest BCUT2D eigenvalue weighted by atomic mass is 32.2. The lowest BCUT2D eigenvalue weighted by Gasteiger charge is -2.05. The standard InChI is InChI=1S/C23H22N2O5S/c1-4-28-18-8-6-17(7-9-18)22-24-23(30-25-22)21-12-10-19(29-21)14-31(26,27)20-11-5-15(2)16(3)13-20/h5-13H,4,14H2,1-3H3.